The highest BCUT2D eigenvalue weighted by molar-refractivity contribution is 5.97. The second-order valence-electron chi connectivity index (χ2n) is 7.11. The Morgan fingerprint density at radius 1 is 0.962 bits per heavy atom. The number of benzene rings is 2. The van der Waals surface area contributed by atoms with Crippen molar-refractivity contribution in [2.24, 2.45) is 0 Å². The summed E-state index contributed by atoms with van der Waals surface area (Å²) in [6.45, 7) is 3.68. The van der Waals surface area contributed by atoms with Crippen LogP contribution in [0.1, 0.15) is 21.5 Å². The summed E-state index contributed by atoms with van der Waals surface area (Å²) in [5.41, 5.74) is 5.17. The molecule has 1 fully saturated rings. The van der Waals surface area contributed by atoms with Crippen LogP contribution in [0.2, 0.25) is 0 Å². The summed E-state index contributed by atoms with van der Waals surface area (Å²) in [4.78, 5) is 25.8. The molecule has 1 saturated heterocycles. The third-order valence-corrected chi connectivity index (χ3v) is 5.54. The van der Waals surface area contributed by atoms with Crippen LogP contribution < -0.4 is 0 Å². The highest BCUT2D eigenvalue weighted by Crippen LogP contribution is 2.25. The normalized spacial score (nSPS) is 17.8. The lowest BCUT2D eigenvalue weighted by Crippen LogP contribution is -2.61. The van der Waals surface area contributed by atoms with Crippen LogP contribution in [0.4, 0.5) is 0 Å². The predicted octanol–water partition coefficient (Wildman–Crippen LogP) is 2.51. The minimum Gasteiger partial charge on any atom is -0.335 e. The molecular formula is C21H20N4O. The van der Waals surface area contributed by atoms with E-state index in [2.05, 4.69) is 39.1 Å². The van der Waals surface area contributed by atoms with E-state index in [-0.39, 0.29) is 5.91 Å². The molecule has 2 aliphatic heterocycles. The molecule has 0 saturated carbocycles. The van der Waals surface area contributed by atoms with Crippen molar-refractivity contribution < 1.29 is 4.79 Å². The second kappa shape index (κ2) is 6.18. The van der Waals surface area contributed by atoms with Crippen LogP contribution in [0.3, 0.4) is 0 Å². The summed E-state index contributed by atoms with van der Waals surface area (Å²) in [6.07, 6.45) is 4.43. The zero-order chi connectivity index (χ0) is 17.5. The van der Waals surface area contributed by atoms with Crippen LogP contribution in [0, 0.1) is 0 Å². The van der Waals surface area contributed by atoms with Crippen molar-refractivity contribution >= 4 is 16.9 Å². The maximum atomic E-state index is 12.8. The molecule has 5 rings (SSSR count). The molecule has 130 valence electrons. The van der Waals surface area contributed by atoms with Crippen molar-refractivity contribution in [1.82, 2.24) is 19.8 Å². The first kappa shape index (κ1) is 15.5. The molecule has 2 aliphatic rings. The fraction of sp³-hybridized carbons (Fsp3) is 0.286. The van der Waals surface area contributed by atoms with Crippen molar-refractivity contribution in [3.63, 3.8) is 0 Å². The van der Waals surface area contributed by atoms with Gasteiger partial charge in [0.1, 0.15) is 0 Å². The van der Waals surface area contributed by atoms with Gasteiger partial charge in [0.2, 0.25) is 0 Å². The second-order valence-corrected chi connectivity index (χ2v) is 7.11. The Kier molecular flexibility index (Phi) is 3.68. The zero-order valence-electron chi connectivity index (χ0n) is 14.5. The lowest BCUT2D eigenvalue weighted by atomic mass is 9.96. The van der Waals surface area contributed by atoms with Gasteiger partial charge >= 0.3 is 0 Å². The molecule has 5 nitrogen and oxygen atoms in total. The zero-order valence-corrected chi connectivity index (χ0v) is 14.5. The SMILES string of the molecule is O=C(c1ccc2nccnc2c1)N1CC(N2CCc3ccccc3C2)C1. The summed E-state index contributed by atoms with van der Waals surface area (Å²) < 4.78 is 0. The van der Waals surface area contributed by atoms with Gasteiger partial charge in [0.15, 0.2) is 0 Å². The van der Waals surface area contributed by atoms with Gasteiger partial charge in [0.25, 0.3) is 5.91 Å². The van der Waals surface area contributed by atoms with Gasteiger partial charge in [-0.1, -0.05) is 24.3 Å². The smallest absolute Gasteiger partial charge is 0.254 e. The number of hydrogen-bond donors (Lipinski definition) is 0. The molecule has 0 bridgehead atoms. The highest BCUT2D eigenvalue weighted by atomic mass is 16.2. The molecule has 0 aliphatic carbocycles. The van der Waals surface area contributed by atoms with Crippen LogP contribution >= 0.6 is 0 Å². The molecule has 2 aromatic carbocycles. The molecule has 0 atom stereocenters. The molecule has 0 unspecified atom stereocenters. The van der Waals surface area contributed by atoms with Crippen LogP contribution in [0.5, 0.6) is 0 Å². The van der Waals surface area contributed by atoms with E-state index in [0.717, 1.165) is 43.6 Å². The van der Waals surface area contributed by atoms with E-state index < -0.39 is 0 Å². The molecule has 5 heteroatoms. The number of amides is 1. The first-order valence-corrected chi connectivity index (χ1v) is 9.09. The van der Waals surface area contributed by atoms with Crippen molar-refractivity contribution in [2.75, 3.05) is 19.6 Å². The molecule has 1 aromatic heterocycles. The minimum absolute atomic E-state index is 0.0891. The van der Waals surface area contributed by atoms with Gasteiger partial charge in [0.05, 0.1) is 11.0 Å². The van der Waals surface area contributed by atoms with Gasteiger partial charge in [-0.2, -0.15) is 0 Å². The van der Waals surface area contributed by atoms with Crippen LogP contribution in [-0.4, -0.2) is 51.4 Å². The number of carbonyl (C=O) groups is 1. The molecule has 1 amide bonds. The van der Waals surface area contributed by atoms with Gasteiger partial charge in [0, 0.05) is 50.2 Å². The lowest BCUT2D eigenvalue weighted by molar-refractivity contribution is 0.0218. The number of nitrogens with zero attached hydrogens (tertiary/aromatic N) is 4. The average Bonchev–Trinajstić information content (AvgIpc) is 2.66. The summed E-state index contributed by atoms with van der Waals surface area (Å²) in [7, 11) is 0. The largest absolute Gasteiger partial charge is 0.335 e. The van der Waals surface area contributed by atoms with Gasteiger partial charge in [-0.3, -0.25) is 19.7 Å². The Balaban J connectivity index is 1.25. The number of likely N-dealkylation sites (tertiary alicyclic amines) is 1. The summed E-state index contributed by atoms with van der Waals surface area (Å²) in [5, 5.41) is 0. The van der Waals surface area contributed by atoms with Gasteiger partial charge in [-0.05, 0) is 35.7 Å². The molecule has 0 radical (unpaired) electrons. The highest BCUT2D eigenvalue weighted by Gasteiger charge is 2.36. The Hall–Kier alpha value is -2.79. The predicted molar refractivity (Wildman–Crippen MR) is 99.8 cm³/mol. The third kappa shape index (κ3) is 2.65. The van der Waals surface area contributed by atoms with Crippen molar-refractivity contribution in [1.29, 1.82) is 0 Å². The van der Waals surface area contributed by atoms with E-state index in [9.17, 15) is 4.79 Å². The minimum atomic E-state index is 0.0891. The number of aromatic nitrogens is 2. The number of fused-ring (bicyclic) bond motifs is 2. The van der Waals surface area contributed by atoms with E-state index in [1.165, 1.54) is 11.1 Å². The standard InChI is InChI=1S/C21H20N4O/c26-21(16-5-6-19-20(11-16)23-9-8-22-19)25-13-18(14-25)24-10-7-15-3-1-2-4-17(15)12-24/h1-6,8-9,11,18H,7,10,12-14H2. The van der Waals surface area contributed by atoms with Gasteiger partial charge < -0.3 is 4.90 Å². The Bertz CT molecular complexity index is 980. The third-order valence-electron chi connectivity index (χ3n) is 5.54. The van der Waals surface area contributed by atoms with Crippen LogP contribution in [-0.2, 0) is 13.0 Å². The first-order valence-electron chi connectivity index (χ1n) is 9.09. The van der Waals surface area contributed by atoms with Crippen LogP contribution in [0.15, 0.2) is 54.9 Å². The molecule has 26 heavy (non-hydrogen) atoms. The monoisotopic (exact) mass is 344 g/mol. The fourth-order valence-electron chi connectivity index (χ4n) is 3.96. The van der Waals surface area contributed by atoms with E-state index >= 15 is 0 Å². The maximum absolute atomic E-state index is 12.8. The average molecular weight is 344 g/mol. The molecule has 3 aromatic rings. The summed E-state index contributed by atoms with van der Waals surface area (Å²) in [6, 6.07) is 14.7. The van der Waals surface area contributed by atoms with Gasteiger partial charge in [-0.15, -0.1) is 0 Å². The summed E-state index contributed by atoms with van der Waals surface area (Å²) >= 11 is 0. The summed E-state index contributed by atoms with van der Waals surface area (Å²) in [5.74, 6) is 0.0891. The number of hydrogen-bond acceptors (Lipinski definition) is 4. The van der Waals surface area contributed by atoms with E-state index in [4.69, 9.17) is 0 Å². The first-order chi connectivity index (χ1) is 12.8. The van der Waals surface area contributed by atoms with E-state index in [1.54, 1.807) is 12.4 Å². The fourth-order valence-corrected chi connectivity index (χ4v) is 3.96. The quantitative estimate of drug-likeness (QED) is 0.717. The van der Waals surface area contributed by atoms with Crippen molar-refractivity contribution in [3.8, 4) is 0 Å². The number of rotatable bonds is 2. The van der Waals surface area contributed by atoms with E-state index in [0.29, 0.717) is 11.6 Å². The van der Waals surface area contributed by atoms with Crippen molar-refractivity contribution in [3.05, 3.63) is 71.5 Å². The van der Waals surface area contributed by atoms with E-state index in [1.807, 2.05) is 23.1 Å². The van der Waals surface area contributed by atoms with Crippen molar-refractivity contribution in [2.45, 2.75) is 19.0 Å². The lowest BCUT2D eigenvalue weighted by Gasteiger charge is -2.47. The topological polar surface area (TPSA) is 49.3 Å². The van der Waals surface area contributed by atoms with Gasteiger partial charge in [-0.25, -0.2) is 0 Å². The molecule has 0 N–H and O–H groups in total. The Morgan fingerprint density at radius 2 is 1.73 bits per heavy atom. The van der Waals surface area contributed by atoms with Crippen LogP contribution in [0.25, 0.3) is 11.0 Å². The molecule has 0 spiro atoms. The molecular weight excluding hydrogens is 324 g/mol. The Morgan fingerprint density at radius 3 is 2.58 bits per heavy atom. The maximum Gasteiger partial charge on any atom is 0.254 e. The Labute approximate surface area is 152 Å². The number of carbonyl (C=O) groups excluding carboxylic acids is 1. The molecule has 3 heterocycles.